The maximum Gasteiger partial charge on any atom is 0.387 e. The first-order chi connectivity index (χ1) is 17.4. The van der Waals surface area contributed by atoms with Crippen LogP contribution < -0.4 is 19.1 Å². The molecule has 1 heterocycles. The van der Waals surface area contributed by atoms with Crippen LogP contribution in [-0.2, 0) is 22.5 Å². The van der Waals surface area contributed by atoms with Crippen molar-refractivity contribution in [1.29, 1.82) is 0 Å². The van der Waals surface area contributed by atoms with E-state index in [0.29, 0.717) is 48.9 Å². The minimum Gasteiger partial charge on any atom is -0.493 e. The van der Waals surface area contributed by atoms with Gasteiger partial charge in [0.1, 0.15) is 17.2 Å². The van der Waals surface area contributed by atoms with Crippen LogP contribution in [0, 0.1) is 0 Å². The number of nitrogens with zero attached hydrogens (tertiary/aromatic N) is 1. The largest absolute Gasteiger partial charge is 0.493 e. The molecule has 3 aromatic carbocycles. The quantitative estimate of drug-likeness (QED) is 0.347. The second kappa shape index (κ2) is 11.5. The lowest BCUT2D eigenvalue weighted by Crippen LogP contribution is -2.22. The summed E-state index contributed by atoms with van der Waals surface area (Å²) in [4.78, 5) is 26.0. The third-order valence-corrected chi connectivity index (χ3v) is 5.51. The molecule has 0 bridgehead atoms. The van der Waals surface area contributed by atoms with Crippen molar-refractivity contribution in [1.82, 2.24) is 0 Å². The van der Waals surface area contributed by atoms with Crippen molar-refractivity contribution in [3.8, 4) is 17.2 Å². The molecule has 4 rings (SSSR count). The predicted molar refractivity (Wildman–Crippen MR) is 128 cm³/mol. The molecule has 7 nitrogen and oxygen atoms in total. The summed E-state index contributed by atoms with van der Waals surface area (Å²) in [6, 6.07) is 18.6. The Labute approximate surface area is 207 Å². The number of esters is 1. The molecule has 36 heavy (non-hydrogen) atoms. The summed E-state index contributed by atoms with van der Waals surface area (Å²) in [5.74, 6) is 0.579. The van der Waals surface area contributed by atoms with Crippen LogP contribution in [-0.4, -0.2) is 38.3 Å². The van der Waals surface area contributed by atoms with E-state index < -0.39 is 12.6 Å². The highest BCUT2D eigenvalue weighted by Crippen LogP contribution is 2.34. The fraction of sp³-hybridized carbons (Fsp3) is 0.259. The van der Waals surface area contributed by atoms with Crippen LogP contribution in [0.1, 0.15) is 28.4 Å². The first-order valence-corrected chi connectivity index (χ1v) is 11.4. The topological polar surface area (TPSA) is 74.3 Å². The number of benzene rings is 3. The molecule has 3 aromatic rings. The van der Waals surface area contributed by atoms with Gasteiger partial charge in [-0.25, -0.2) is 4.79 Å². The first kappa shape index (κ1) is 25.0. The Balaban J connectivity index is 1.37. The van der Waals surface area contributed by atoms with E-state index in [1.165, 1.54) is 12.1 Å². The zero-order chi connectivity index (χ0) is 25.5. The van der Waals surface area contributed by atoms with Crippen molar-refractivity contribution in [2.24, 2.45) is 0 Å². The van der Waals surface area contributed by atoms with Gasteiger partial charge in [0.2, 0.25) is 0 Å². The van der Waals surface area contributed by atoms with Gasteiger partial charge in [-0.2, -0.15) is 8.78 Å². The van der Waals surface area contributed by atoms with Gasteiger partial charge in [0.15, 0.2) is 6.61 Å². The number of fused-ring (bicyclic) bond motifs is 1. The molecule has 1 aliphatic heterocycles. The lowest BCUT2D eigenvalue weighted by Gasteiger charge is -2.16. The van der Waals surface area contributed by atoms with E-state index in [2.05, 4.69) is 4.74 Å². The number of halogens is 2. The fourth-order valence-corrected chi connectivity index (χ4v) is 3.87. The average molecular weight is 497 g/mol. The summed E-state index contributed by atoms with van der Waals surface area (Å²) < 4.78 is 45.5. The van der Waals surface area contributed by atoms with Crippen molar-refractivity contribution in [3.05, 3.63) is 83.4 Å². The molecule has 0 N–H and O–H groups in total. The number of ether oxygens (including phenoxy) is 4. The Morgan fingerprint density at radius 1 is 1.00 bits per heavy atom. The van der Waals surface area contributed by atoms with E-state index in [9.17, 15) is 18.4 Å². The fourth-order valence-electron chi connectivity index (χ4n) is 3.87. The third kappa shape index (κ3) is 6.10. The van der Waals surface area contributed by atoms with Crippen molar-refractivity contribution < 1.29 is 37.3 Å². The molecule has 0 saturated carbocycles. The second-order valence-corrected chi connectivity index (χ2v) is 7.89. The second-order valence-electron chi connectivity index (χ2n) is 7.89. The molecule has 0 aromatic heterocycles. The van der Waals surface area contributed by atoms with Crippen molar-refractivity contribution in [2.45, 2.75) is 26.5 Å². The Kier molecular flexibility index (Phi) is 7.99. The van der Waals surface area contributed by atoms with E-state index in [-0.39, 0.29) is 18.3 Å². The Morgan fingerprint density at radius 3 is 2.53 bits per heavy atom. The molecule has 9 heteroatoms. The maximum absolute atomic E-state index is 13.0. The average Bonchev–Trinajstić information content (AvgIpc) is 3.21. The molecular weight excluding hydrogens is 472 g/mol. The molecule has 1 aliphatic rings. The molecule has 0 radical (unpaired) electrons. The standard InChI is InChI=1S/C27H25F2NO6/c1-2-33-25(31)17-35-21-6-3-5-18(15-21)13-14-34-24-8-4-7-22-23(24)16-30(26(22)32)19-9-11-20(12-10-19)36-27(28)29/h3-12,15,27H,2,13-14,16-17H2,1H3. The molecule has 0 aliphatic carbocycles. The van der Waals surface area contributed by atoms with Gasteiger partial charge < -0.3 is 23.8 Å². The molecule has 0 atom stereocenters. The predicted octanol–water partition coefficient (Wildman–Crippen LogP) is 5.01. The number of carbonyl (C=O) groups is 2. The van der Waals surface area contributed by atoms with Gasteiger partial charge in [0.05, 0.1) is 19.8 Å². The maximum atomic E-state index is 13.0. The van der Waals surface area contributed by atoms with Gasteiger partial charge in [-0.3, -0.25) is 4.79 Å². The van der Waals surface area contributed by atoms with Crippen LogP contribution >= 0.6 is 0 Å². The molecule has 1 amide bonds. The number of hydrogen-bond acceptors (Lipinski definition) is 6. The Morgan fingerprint density at radius 2 is 1.78 bits per heavy atom. The molecule has 0 unspecified atom stereocenters. The summed E-state index contributed by atoms with van der Waals surface area (Å²) in [7, 11) is 0. The summed E-state index contributed by atoms with van der Waals surface area (Å²) in [6.07, 6.45) is 0.587. The van der Waals surface area contributed by atoms with E-state index in [1.54, 1.807) is 42.2 Å². The van der Waals surface area contributed by atoms with Crippen molar-refractivity contribution in [3.63, 3.8) is 0 Å². The highest BCUT2D eigenvalue weighted by Gasteiger charge is 2.31. The summed E-state index contributed by atoms with van der Waals surface area (Å²) in [6.45, 7) is -0.361. The summed E-state index contributed by atoms with van der Waals surface area (Å²) in [5, 5.41) is 0. The number of amides is 1. The highest BCUT2D eigenvalue weighted by atomic mass is 19.3. The summed E-state index contributed by atoms with van der Waals surface area (Å²) >= 11 is 0. The van der Waals surface area contributed by atoms with Crippen LogP contribution in [0.2, 0.25) is 0 Å². The molecule has 0 fully saturated rings. The van der Waals surface area contributed by atoms with Crippen LogP contribution in [0.25, 0.3) is 0 Å². The van der Waals surface area contributed by atoms with Gasteiger partial charge in [0, 0.05) is 23.2 Å². The number of carbonyl (C=O) groups excluding carboxylic acids is 2. The van der Waals surface area contributed by atoms with Crippen LogP contribution in [0.5, 0.6) is 17.2 Å². The van der Waals surface area contributed by atoms with E-state index in [0.717, 1.165) is 11.1 Å². The normalized spacial score (nSPS) is 12.4. The molecule has 0 saturated heterocycles. The van der Waals surface area contributed by atoms with Crippen LogP contribution in [0.4, 0.5) is 14.5 Å². The third-order valence-electron chi connectivity index (χ3n) is 5.51. The van der Waals surface area contributed by atoms with Gasteiger partial charge in [-0.15, -0.1) is 0 Å². The number of alkyl halides is 2. The summed E-state index contributed by atoms with van der Waals surface area (Å²) in [5.41, 5.74) is 2.84. The lowest BCUT2D eigenvalue weighted by molar-refractivity contribution is -0.145. The van der Waals surface area contributed by atoms with Crippen LogP contribution in [0.15, 0.2) is 66.7 Å². The lowest BCUT2D eigenvalue weighted by atomic mass is 10.1. The smallest absolute Gasteiger partial charge is 0.387 e. The zero-order valence-corrected chi connectivity index (χ0v) is 19.6. The molecular formula is C27H25F2NO6. The van der Waals surface area contributed by atoms with Crippen LogP contribution in [0.3, 0.4) is 0 Å². The van der Waals surface area contributed by atoms with Gasteiger partial charge >= 0.3 is 12.6 Å². The first-order valence-electron chi connectivity index (χ1n) is 11.4. The molecule has 0 spiro atoms. The highest BCUT2D eigenvalue weighted by molar-refractivity contribution is 6.10. The van der Waals surface area contributed by atoms with E-state index >= 15 is 0 Å². The SMILES string of the molecule is CCOC(=O)COc1cccc(CCOc2cccc3c2CN(c2ccc(OC(F)F)cc2)C3=O)c1. The number of rotatable bonds is 11. The number of anilines is 1. The van der Waals surface area contributed by atoms with Crippen molar-refractivity contribution >= 4 is 17.6 Å². The van der Waals surface area contributed by atoms with E-state index in [1.807, 2.05) is 24.3 Å². The minimum absolute atomic E-state index is 0.0253. The van der Waals surface area contributed by atoms with Crippen molar-refractivity contribution in [2.75, 3.05) is 24.7 Å². The van der Waals surface area contributed by atoms with E-state index in [4.69, 9.17) is 14.2 Å². The van der Waals surface area contributed by atoms with Gasteiger partial charge in [0.25, 0.3) is 5.91 Å². The number of hydrogen-bond donors (Lipinski definition) is 0. The Bertz CT molecular complexity index is 1220. The molecule has 188 valence electrons. The monoisotopic (exact) mass is 497 g/mol. The minimum atomic E-state index is -2.91. The Hall–Kier alpha value is -4.14. The van der Waals surface area contributed by atoms with Gasteiger partial charge in [-0.05, 0) is 61.0 Å². The van der Waals surface area contributed by atoms with Gasteiger partial charge in [-0.1, -0.05) is 18.2 Å². The zero-order valence-electron chi connectivity index (χ0n) is 19.6.